The Balaban J connectivity index is 3.16. The summed E-state index contributed by atoms with van der Waals surface area (Å²) in [4.78, 5) is 0. The first-order chi connectivity index (χ1) is 5.06. The third-order valence-corrected chi connectivity index (χ3v) is 2.07. The lowest BCUT2D eigenvalue weighted by molar-refractivity contribution is -0.651. The molecular formula is C6H15NO3S. The number of unbranched alkanes of at least 4 members (excludes halogenated alkanes) is 1. The predicted octanol–water partition coefficient (Wildman–Crippen LogP) is -1.10. The molecule has 0 aliphatic rings. The normalized spacial score (nSPS) is 11.8. The first-order valence-electron chi connectivity index (χ1n) is 3.81. The zero-order valence-corrected chi connectivity index (χ0v) is 7.56. The topological polar surface area (TPSA) is 73.8 Å². The van der Waals surface area contributed by atoms with E-state index in [2.05, 4.69) is 6.92 Å². The van der Waals surface area contributed by atoms with Crippen molar-refractivity contribution in [2.75, 3.05) is 18.8 Å². The minimum atomic E-state index is -3.99. The van der Waals surface area contributed by atoms with Gasteiger partial charge in [0.2, 0.25) is 0 Å². The standard InChI is InChI=1S/C6H15NO3S/c1-2-3-4-7-5-6-11(8,9)10/h7H,2-6H2,1H3,(H,8,9,10). The molecule has 0 unspecified atom stereocenters. The molecule has 0 spiro atoms. The fourth-order valence-electron chi connectivity index (χ4n) is 0.720. The summed E-state index contributed by atoms with van der Waals surface area (Å²) in [6, 6.07) is 0. The van der Waals surface area contributed by atoms with E-state index in [-0.39, 0.29) is 5.75 Å². The first kappa shape index (κ1) is 10.9. The summed E-state index contributed by atoms with van der Waals surface area (Å²) in [5.74, 6) is -0.253. The van der Waals surface area contributed by atoms with Crippen molar-refractivity contribution >= 4 is 10.1 Å². The summed E-state index contributed by atoms with van der Waals surface area (Å²) < 4.78 is 30.3. The Kier molecular flexibility index (Phi) is 5.45. The Hall–Kier alpha value is -0.130. The van der Waals surface area contributed by atoms with Gasteiger partial charge < -0.3 is 9.87 Å². The van der Waals surface area contributed by atoms with Gasteiger partial charge in [-0.15, -0.1) is 0 Å². The van der Waals surface area contributed by atoms with Gasteiger partial charge in [0.15, 0.2) is 0 Å². The highest BCUT2D eigenvalue weighted by molar-refractivity contribution is 7.85. The van der Waals surface area contributed by atoms with Crippen LogP contribution in [0.2, 0.25) is 0 Å². The van der Waals surface area contributed by atoms with E-state index in [9.17, 15) is 13.0 Å². The van der Waals surface area contributed by atoms with Crippen LogP contribution in [-0.4, -0.2) is 31.8 Å². The molecule has 5 heteroatoms. The third kappa shape index (κ3) is 9.87. The van der Waals surface area contributed by atoms with E-state index in [0.717, 1.165) is 19.4 Å². The van der Waals surface area contributed by atoms with Crippen molar-refractivity contribution in [1.82, 2.24) is 0 Å². The maximum absolute atomic E-state index is 10.1. The van der Waals surface area contributed by atoms with E-state index in [1.165, 1.54) is 0 Å². The largest absolute Gasteiger partial charge is 0.748 e. The summed E-state index contributed by atoms with van der Waals surface area (Å²) in [6.45, 7) is 3.37. The van der Waals surface area contributed by atoms with Gasteiger partial charge in [-0.3, -0.25) is 0 Å². The zero-order chi connectivity index (χ0) is 8.74. The average molecular weight is 181 g/mol. The van der Waals surface area contributed by atoms with E-state index >= 15 is 0 Å². The van der Waals surface area contributed by atoms with E-state index in [4.69, 9.17) is 0 Å². The molecule has 0 rings (SSSR count). The van der Waals surface area contributed by atoms with Gasteiger partial charge in [-0.25, -0.2) is 8.42 Å². The van der Waals surface area contributed by atoms with Gasteiger partial charge in [-0.05, 0) is 6.42 Å². The molecule has 4 nitrogen and oxygen atoms in total. The smallest absolute Gasteiger partial charge is 0.100 e. The van der Waals surface area contributed by atoms with Gasteiger partial charge in [-0.2, -0.15) is 0 Å². The third-order valence-electron chi connectivity index (χ3n) is 1.33. The molecule has 0 aliphatic carbocycles. The molecule has 2 N–H and O–H groups in total. The number of nitrogens with two attached hydrogens (primary N) is 1. The first-order valence-corrected chi connectivity index (χ1v) is 5.39. The summed E-state index contributed by atoms with van der Waals surface area (Å²) in [5, 5.41) is 1.86. The van der Waals surface area contributed by atoms with Gasteiger partial charge in [-0.1, -0.05) is 13.3 Å². The Labute approximate surface area is 67.7 Å². The maximum atomic E-state index is 10.1. The Bertz CT molecular complexity index is 176. The van der Waals surface area contributed by atoms with Crippen LogP contribution in [0, 0.1) is 0 Å². The van der Waals surface area contributed by atoms with Crippen LogP contribution in [0.25, 0.3) is 0 Å². The summed E-state index contributed by atoms with van der Waals surface area (Å²) in [5.41, 5.74) is 0. The van der Waals surface area contributed by atoms with Crippen LogP contribution >= 0.6 is 0 Å². The van der Waals surface area contributed by atoms with Gasteiger partial charge >= 0.3 is 0 Å². The maximum Gasteiger partial charge on any atom is 0.100 e. The van der Waals surface area contributed by atoms with Crippen LogP contribution in [-0.2, 0) is 10.1 Å². The van der Waals surface area contributed by atoms with Crippen molar-refractivity contribution in [2.24, 2.45) is 0 Å². The van der Waals surface area contributed by atoms with Gasteiger partial charge in [0.25, 0.3) is 0 Å². The van der Waals surface area contributed by atoms with E-state index in [1.54, 1.807) is 0 Å². The molecule has 0 bridgehead atoms. The molecule has 0 saturated carbocycles. The molecular weight excluding hydrogens is 166 g/mol. The number of hydrogen-bond donors (Lipinski definition) is 1. The average Bonchev–Trinajstić information content (AvgIpc) is 1.85. The SMILES string of the molecule is CCCC[NH2+]CCS(=O)(=O)[O-]. The van der Waals surface area contributed by atoms with Gasteiger partial charge in [0, 0.05) is 0 Å². The fourth-order valence-corrected chi connectivity index (χ4v) is 1.18. The molecule has 68 valence electrons. The van der Waals surface area contributed by atoms with Crippen molar-refractivity contribution in [3.05, 3.63) is 0 Å². The summed E-state index contributed by atoms with van der Waals surface area (Å²) in [7, 11) is -3.99. The highest BCUT2D eigenvalue weighted by Gasteiger charge is 1.95. The quantitative estimate of drug-likeness (QED) is 0.417. The number of rotatable bonds is 6. The number of quaternary nitrogens is 1. The molecule has 0 atom stereocenters. The molecule has 0 aromatic heterocycles. The molecule has 0 radical (unpaired) electrons. The lowest BCUT2D eigenvalue weighted by Crippen LogP contribution is -2.85. The van der Waals surface area contributed by atoms with E-state index < -0.39 is 10.1 Å². The molecule has 0 heterocycles. The van der Waals surface area contributed by atoms with Crippen LogP contribution in [0.1, 0.15) is 19.8 Å². The second kappa shape index (κ2) is 5.51. The van der Waals surface area contributed by atoms with Crippen LogP contribution in [0.5, 0.6) is 0 Å². The monoisotopic (exact) mass is 181 g/mol. The fraction of sp³-hybridized carbons (Fsp3) is 1.00. The molecule has 11 heavy (non-hydrogen) atoms. The predicted molar refractivity (Wildman–Crippen MR) is 41.1 cm³/mol. The zero-order valence-electron chi connectivity index (χ0n) is 6.75. The highest BCUT2D eigenvalue weighted by atomic mass is 32.2. The molecule has 0 aromatic rings. The molecule has 0 aliphatic heterocycles. The van der Waals surface area contributed by atoms with Crippen molar-refractivity contribution < 1.29 is 18.3 Å². The van der Waals surface area contributed by atoms with Crippen molar-refractivity contribution in [3.8, 4) is 0 Å². The minimum Gasteiger partial charge on any atom is -0.748 e. The van der Waals surface area contributed by atoms with E-state index in [0.29, 0.717) is 6.54 Å². The van der Waals surface area contributed by atoms with Gasteiger partial charge in [0.1, 0.15) is 10.1 Å². The lowest BCUT2D eigenvalue weighted by Gasteiger charge is -2.04. The van der Waals surface area contributed by atoms with Crippen LogP contribution < -0.4 is 5.32 Å². The van der Waals surface area contributed by atoms with Crippen molar-refractivity contribution in [3.63, 3.8) is 0 Å². The minimum absolute atomic E-state index is 0.253. The number of hydrogen-bond acceptors (Lipinski definition) is 3. The van der Waals surface area contributed by atoms with Gasteiger partial charge in [0.05, 0.1) is 18.8 Å². The molecule has 0 aromatic carbocycles. The van der Waals surface area contributed by atoms with Crippen molar-refractivity contribution in [1.29, 1.82) is 0 Å². The van der Waals surface area contributed by atoms with Crippen LogP contribution in [0.15, 0.2) is 0 Å². The van der Waals surface area contributed by atoms with E-state index in [1.807, 2.05) is 5.32 Å². The summed E-state index contributed by atoms with van der Waals surface area (Å²) in [6.07, 6.45) is 2.17. The van der Waals surface area contributed by atoms with Crippen molar-refractivity contribution in [2.45, 2.75) is 19.8 Å². The summed E-state index contributed by atoms with van der Waals surface area (Å²) >= 11 is 0. The second-order valence-corrected chi connectivity index (χ2v) is 4.00. The molecule has 0 fully saturated rings. The van der Waals surface area contributed by atoms with Crippen LogP contribution in [0.3, 0.4) is 0 Å². The highest BCUT2D eigenvalue weighted by Crippen LogP contribution is 1.78. The second-order valence-electron chi connectivity index (χ2n) is 2.48. The molecule has 0 saturated heterocycles. The Morgan fingerprint density at radius 1 is 1.36 bits per heavy atom. The Morgan fingerprint density at radius 2 is 2.00 bits per heavy atom. The Morgan fingerprint density at radius 3 is 2.45 bits per heavy atom. The molecule has 0 amide bonds. The van der Waals surface area contributed by atoms with Crippen LogP contribution in [0.4, 0.5) is 0 Å². The lowest BCUT2D eigenvalue weighted by atomic mass is 10.3.